The van der Waals surface area contributed by atoms with Crippen LogP contribution in [-0.2, 0) is 0 Å². The lowest BCUT2D eigenvalue weighted by atomic mass is 10.0. The van der Waals surface area contributed by atoms with Crippen LogP contribution in [0.3, 0.4) is 0 Å². The van der Waals surface area contributed by atoms with Crippen LogP contribution in [-0.4, -0.2) is 19.1 Å². The van der Waals surface area contributed by atoms with Crippen LogP contribution in [0, 0.1) is 0 Å². The van der Waals surface area contributed by atoms with E-state index in [2.05, 4.69) is 124 Å². The highest BCUT2D eigenvalue weighted by Gasteiger charge is 2.26. The summed E-state index contributed by atoms with van der Waals surface area (Å²) < 4.78 is 11.0. The number of hydrogen-bond acceptors (Lipinski definition) is 3. The summed E-state index contributed by atoms with van der Waals surface area (Å²) in [6, 6.07) is 51.2. The van der Waals surface area contributed by atoms with Crippen LogP contribution in [0.5, 0.6) is 11.5 Å². The first-order chi connectivity index (χ1) is 23.3. The van der Waals surface area contributed by atoms with Gasteiger partial charge in [-0.15, -0.1) is 0 Å². The van der Waals surface area contributed by atoms with E-state index in [-0.39, 0.29) is 0 Å². The lowest BCUT2D eigenvalue weighted by molar-refractivity contribution is 0.486. The van der Waals surface area contributed by atoms with Gasteiger partial charge in [0.25, 0.3) is 0 Å². The predicted octanol–water partition coefficient (Wildman–Crippen LogP) is 10.7. The number of nitrogens with zero attached hydrogens (tertiary/aromatic N) is 4. The van der Waals surface area contributed by atoms with Gasteiger partial charge < -0.3 is 9.30 Å². The zero-order chi connectivity index (χ0) is 30.6. The van der Waals surface area contributed by atoms with Crippen molar-refractivity contribution in [1.82, 2.24) is 19.1 Å². The van der Waals surface area contributed by atoms with Crippen LogP contribution < -0.4 is 4.74 Å². The molecule has 0 radical (unpaired) electrons. The fourth-order valence-electron chi connectivity index (χ4n) is 7.76. The van der Waals surface area contributed by atoms with E-state index in [1.165, 1.54) is 27.1 Å². The molecule has 0 saturated carbocycles. The van der Waals surface area contributed by atoms with Gasteiger partial charge in [0.05, 0.1) is 38.7 Å². The fraction of sp³-hybridized carbons (Fsp3) is 0. The Morgan fingerprint density at radius 2 is 1.19 bits per heavy atom. The van der Waals surface area contributed by atoms with E-state index >= 15 is 0 Å². The molecule has 1 aliphatic heterocycles. The van der Waals surface area contributed by atoms with Crippen molar-refractivity contribution in [2.24, 2.45) is 0 Å². The quantitative estimate of drug-likeness (QED) is 0.198. The number of aromatic nitrogens is 4. The lowest BCUT2D eigenvalue weighted by Gasteiger charge is -2.21. The van der Waals surface area contributed by atoms with E-state index in [4.69, 9.17) is 14.7 Å². The minimum Gasteiger partial charge on any atom is -0.456 e. The molecule has 3 aromatic heterocycles. The zero-order valence-corrected chi connectivity index (χ0v) is 25.1. The first-order valence-corrected chi connectivity index (χ1v) is 15.9. The molecule has 7 aromatic carbocycles. The second kappa shape index (κ2) is 9.05. The van der Waals surface area contributed by atoms with Gasteiger partial charge in [0.15, 0.2) is 0 Å². The molecule has 218 valence electrons. The Hall–Kier alpha value is -6.46. The van der Waals surface area contributed by atoms with Crippen molar-refractivity contribution in [3.8, 4) is 34.4 Å². The molecule has 0 unspecified atom stereocenters. The van der Waals surface area contributed by atoms with Crippen LogP contribution in [0.15, 0.2) is 146 Å². The molecule has 10 aromatic rings. The second-order valence-corrected chi connectivity index (χ2v) is 12.2. The monoisotopic (exact) mass is 600 g/mol. The molecule has 47 heavy (non-hydrogen) atoms. The number of rotatable bonds is 2. The molecule has 0 N–H and O–H groups in total. The summed E-state index contributed by atoms with van der Waals surface area (Å²) in [5, 5.41) is 8.15. The molecule has 0 amide bonds. The van der Waals surface area contributed by atoms with Gasteiger partial charge >= 0.3 is 0 Å². The number of ether oxygens (including phenoxy) is 1. The molecule has 5 nitrogen and oxygen atoms in total. The van der Waals surface area contributed by atoms with Crippen LogP contribution in [0.4, 0.5) is 0 Å². The van der Waals surface area contributed by atoms with Gasteiger partial charge in [0, 0.05) is 32.8 Å². The molecule has 1 aliphatic rings. The van der Waals surface area contributed by atoms with Gasteiger partial charge in [-0.05, 0) is 59.3 Å². The van der Waals surface area contributed by atoms with E-state index < -0.39 is 0 Å². The zero-order valence-electron chi connectivity index (χ0n) is 25.1. The van der Waals surface area contributed by atoms with Crippen molar-refractivity contribution in [2.75, 3.05) is 0 Å². The maximum Gasteiger partial charge on any atom is 0.235 e. The highest BCUT2D eigenvalue weighted by molar-refractivity contribution is 6.28. The molecular weight excluding hydrogens is 576 g/mol. The van der Waals surface area contributed by atoms with Gasteiger partial charge in [-0.1, -0.05) is 97.1 Å². The summed E-state index contributed by atoms with van der Waals surface area (Å²) in [7, 11) is 0. The largest absolute Gasteiger partial charge is 0.456 e. The minimum absolute atomic E-state index is 0.634. The molecule has 4 heterocycles. The van der Waals surface area contributed by atoms with Crippen molar-refractivity contribution < 1.29 is 4.74 Å². The van der Waals surface area contributed by atoms with Crippen LogP contribution >= 0.6 is 0 Å². The van der Waals surface area contributed by atoms with Gasteiger partial charge in [0.1, 0.15) is 11.5 Å². The van der Waals surface area contributed by atoms with E-state index in [0.717, 1.165) is 66.7 Å². The number of para-hydroxylation sites is 3. The summed E-state index contributed by atoms with van der Waals surface area (Å²) in [5.41, 5.74) is 8.25. The van der Waals surface area contributed by atoms with Crippen molar-refractivity contribution in [1.29, 1.82) is 0 Å². The molecule has 0 aliphatic carbocycles. The van der Waals surface area contributed by atoms with Gasteiger partial charge in [-0.2, -0.15) is 0 Å². The first kappa shape index (κ1) is 24.8. The summed E-state index contributed by atoms with van der Waals surface area (Å²) in [5.74, 6) is 2.22. The maximum absolute atomic E-state index is 6.32. The highest BCUT2D eigenvalue weighted by atomic mass is 16.5. The number of hydrogen-bond donors (Lipinski definition) is 0. The van der Waals surface area contributed by atoms with Crippen molar-refractivity contribution in [3.63, 3.8) is 0 Å². The van der Waals surface area contributed by atoms with E-state index in [1.54, 1.807) is 0 Å². The molecule has 0 fully saturated rings. The van der Waals surface area contributed by atoms with E-state index in [1.807, 2.05) is 30.3 Å². The summed E-state index contributed by atoms with van der Waals surface area (Å²) in [6.45, 7) is 0. The Balaban J connectivity index is 1.37. The Labute approximate surface area is 268 Å². The van der Waals surface area contributed by atoms with Crippen molar-refractivity contribution >= 4 is 65.3 Å². The van der Waals surface area contributed by atoms with E-state index in [9.17, 15) is 0 Å². The van der Waals surface area contributed by atoms with Gasteiger partial charge in [-0.25, -0.2) is 9.97 Å². The Morgan fingerprint density at radius 3 is 2.13 bits per heavy atom. The lowest BCUT2D eigenvalue weighted by Crippen LogP contribution is -2.07. The summed E-state index contributed by atoms with van der Waals surface area (Å²) >= 11 is 0. The molecule has 5 heteroatoms. The molecule has 11 rings (SSSR count). The number of fused-ring (bicyclic) bond motifs is 11. The average molecular weight is 601 g/mol. The van der Waals surface area contributed by atoms with Crippen LogP contribution in [0.25, 0.3) is 88.2 Å². The number of benzene rings is 7. The average Bonchev–Trinajstić information content (AvgIpc) is 3.65. The molecule has 0 spiro atoms. The topological polar surface area (TPSA) is 44.9 Å². The Kier molecular flexibility index (Phi) is 4.78. The standard InChI is InChI=1S/C42H24N4O/c1-2-12-26(13-3-1)45-34-24-21-25-11-4-5-14-27(25)37(34)31-23-22-29-28-15-6-8-18-33(28)46(40(29)41(31)45)42-43-32-17-10-20-36-38(32)39(44-42)30-16-7-9-19-35(30)47-36/h1-24H. The fourth-order valence-corrected chi connectivity index (χ4v) is 7.76. The Bertz CT molecular complexity index is 2940. The SMILES string of the molecule is c1ccc(-n2c3ccc4ccccc4c3c3ccc4c5ccccc5n(-c5nc6c7c(cccc7n5)Oc5ccccc5-6)c4c32)cc1. The summed E-state index contributed by atoms with van der Waals surface area (Å²) in [6.07, 6.45) is 0. The summed E-state index contributed by atoms with van der Waals surface area (Å²) in [4.78, 5) is 10.7. The highest BCUT2D eigenvalue weighted by Crippen LogP contribution is 2.47. The normalized spacial score (nSPS) is 12.4. The first-order valence-electron chi connectivity index (χ1n) is 15.9. The smallest absolute Gasteiger partial charge is 0.235 e. The third kappa shape index (κ3) is 3.27. The van der Waals surface area contributed by atoms with E-state index in [0.29, 0.717) is 5.95 Å². The third-order valence-electron chi connectivity index (χ3n) is 9.70. The maximum atomic E-state index is 6.32. The predicted molar refractivity (Wildman–Crippen MR) is 191 cm³/mol. The minimum atomic E-state index is 0.634. The van der Waals surface area contributed by atoms with Crippen molar-refractivity contribution in [2.45, 2.75) is 0 Å². The van der Waals surface area contributed by atoms with Gasteiger partial charge in [-0.3, -0.25) is 4.57 Å². The van der Waals surface area contributed by atoms with Crippen LogP contribution in [0.1, 0.15) is 0 Å². The van der Waals surface area contributed by atoms with Gasteiger partial charge in [0.2, 0.25) is 5.95 Å². The molecule has 0 saturated heterocycles. The molecule has 0 bridgehead atoms. The second-order valence-electron chi connectivity index (χ2n) is 12.2. The third-order valence-corrected chi connectivity index (χ3v) is 9.70. The van der Waals surface area contributed by atoms with Crippen molar-refractivity contribution in [3.05, 3.63) is 146 Å². The molecule has 0 atom stereocenters. The Morgan fingerprint density at radius 1 is 0.447 bits per heavy atom. The van der Waals surface area contributed by atoms with Crippen LogP contribution in [0.2, 0.25) is 0 Å². The molecular formula is C42H24N4O.